The van der Waals surface area contributed by atoms with Crippen LogP contribution >= 0.6 is 11.3 Å². The van der Waals surface area contributed by atoms with Crippen molar-refractivity contribution in [2.75, 3.05) is 20.3 Å². The van der Waals surface area contributed by atoms with E-state index in [2.05, 4.69) is 10.1 Å². The molecule has 1 aromatic heterocycles. The molecular weight excluding hydrogens is 378 g/mol. The Bertz CT molecular complexity index is 844. The summed E-state index contributed by atoms with van der Waals surface area (Å²) in [5, 5.41) is 3.07. The van der Waals surface area contributed by atoms with Gasteiger partial charge in [0.1, 0.15) is 11.0 Å². The second kappa shape index (κ2) is 8.81. The number of benzene rings is 1. The highest BCUT2D eigenvalue weighted by atomic mass is 32.2. The van der Waals surface area contributed by atoms with Gasteiger partial charge in [0.05, 0.1) is 18.6 Å². The molecule has 1 N–H and O–H groups in total. The number of rotatable bonds is 7. The van der Waals surface area contributed by atoms with Gasteiger partial charge in [-0.15, -0.1) is 11.3 Å². The van der Waals surface area contributed by atoms with Gasteiger partial charge < -0.3 is 14.8 Å². The summed E-state index contributed by atoms with van der Waals surface area (Å²) in [4.78, 5) is 23.9. The first-order valence-electron chi connectivity index (χ1n) is 7.76. The molecule has 0 aliphatic rings. The van der Waals surface area contributed by atoms with Crippen LogP contribution in [0.4, 0.5) is 0 Å². The van der Waals surface area contributed by atoms with E-state index in [1.807, 2.05) is 0 Å². The molecule has 1 atom stereocenters. The molecule has 7 nitrogen and oxygen atoms in total. The number of amides is 1. The van der Waals surface area contributed by atoms with Crippen molar-refractivity contribution in [1.82, 2.24) is 5.32 Å². The first-order valence-corrected chi connectivity index (χ1v) is 10.2. The van der Waals surface area contributed by atoms with Crippen LogP contribution in [-0.2, 0) is 24.2 Å². The number of hydrogen-bond donors (Lipinski definition) is 1. The molecule has 0 saturated heterocycles. The molecule has 0 bridgehead atoms. The average Bonchev–Trinajstić information content (AvgIpc) is 3.16. The lowest BCUT2D eigenvalue weighted by Gasteiger charge is -2.17. The molecule has 1 amide bonds. The number of carbonyl (C=O) groups excluding carboxylic acids is 2. The fraction of sp³-hybridized carbons (Fsp3) is 0.294. The van der Waals surface area contributed by atoms with E-state index in [1.165, 1.54) is 30.6 Å². The number of carbonyl (C=O) groups is 2. The summed E-state index contributed by atoms with van der Waals surface area (Å²) in [7, 11) is -2.31. The van der Waals surface area contributed by atoms with E-state index in [0.29, 0.717) is 10.6 Å². The zero-order chi connectivity index (χ0) is 19.2. The molecule has 1 unspecified atom stereocenters. The van der Waals surface area contributed by atoms with Crippen LogP contribution in [0.5, 0.6) is 5.75 Å². The third-order valence-corrected chi connectivity index (χ3v) is 6.77. The van der Waals surface area contributed by atoms with E-state index in [1.54, 1.807) is 36.6 Å². The van der Waals surface area contributed by atoms with Gasteiger partial charge in [0, 0.05) is 11.4 Å². The summed E-state index contributed by atoms with van der Waals surface area (Å²) in [5.41, 5.74) is 0. The molecule has 2 aromatic rings. The van der Waals surface area contributed by atoms with Crippen molar-refractivity contribution in [3.05, 3.63) is 46.7 Å². The van der Waals surface area contributed by atoms with Gasteiger partial charge in [0.2, 0.25) is 0 Å². The molecule has 1 heterocycles. The van der Waals surface area contributed by atoms with Gasteiger partial charge in [0.15, 0.2) is 9.84 Å². The fourth-order valence-electron chi connectivity index (χ4n) is 2.22. The first-order chi connectivity index (χ1) is 12.4. The highest BCUT2D eigenvalue weighted by Crippen LogP contribution is 2.32. The second-order valence-corrected chi connectivity index (χ2v) is 8.26. The zero-order valence-electron chi connectivity index (χ0n) is 14.3. The number of esters is 1. The lowest BCUT2D eigenvalue weighted by Crippen LogP contribution is -2.37. The van der Waals surface area contributed by atoms with Gasteiger partial charge in [-0.2, -0.15) is 0 Å². The van der Waals surface area contributed by atoms with Crippen LogP contribution in [0, 0.1) is 0 Å². The minimum atomic E-state index is -3.79. The van der Waals surface area contributed by atoms with E-state index in [-0.39, 0.29) is 18.0 Å². The summed E-state index contributed by atoms with van der Waals surface area (Å²) < 4.78 is 35.7. The molecule has 0 aliphatic carbocycles. The zero-order valence-corrected chi connectivity index (χ0v) is 15.9. The Morgan fingerprint density at radius 2 is 1.88 bits per heavy atom. The quantitative estimate of drug-likeness (QED) is 0.566. The lowest BCUT2D eigenvalue weighted by atomic mass is 10.3. The van der Waals surface area contributed by atoms with Crippen molar-refractivity contribution in [1.29, 1.82) is 0 Å². The maximum absolute atomic E-state index is 13.0. The number of methoxy groups -OCH3 is 1. The van der Waals surface area contributed by atoms with Crippen LogP contribution in [-0.4, -0.2) is 40.6 Å². The second-order valence-electron chi connectivity index (χ2n) is 5.16. The number of thiophene rings is 1. The standard InChI is InChI=1S/C17H19NO6S2/c1-3-24-17(20)16(19)18-11-15(14-5-4-10-25-14)26(21,22)13-8-6-12(23-2)7-9-13/h4-10,15H,3,11H2,1-2H3,(H,18,19). The van der Waals surface area contributed by atoms with Gasteiger partial charge in [-0.1, -0.05) is 6.07 Å². The summed E-state index contributed by atoms with van der Waals surface area (Å²) in [6.45, 7) is 1.39. The van der Waals surface area contributed by atoms with Crippen molar-refractivity contribution in [2.24, 2.45) is 0 Å². The van der Waals surface area contributed by atoms with E-state index in [4.69, 9.17) is 4.74 Å². The Balaban J connectivity index is 2.26. The normalized spacial score (nSPS) is 12.2. The van der Waals surface area contributed by atoms with Crippen molar-refractivity contribution < 1.29 is 27.5 Å². The fourth-order valence-corrected chi connectivity index (χ4v) is 5.01. The Labute approximate surface area is 155 Å². The molecule has 2 rings (SSSR count). The number of nitrogens with one attached hydrogen (secondary N) is 1. The Hall–Kier alpha value is -2.39. The summed E-state index contributed by atoms with van der Waals surface area (Å²) in [6, 6.07) is 9.39. The molecule has 140 valence electrons. The van der Waals surface area contributed by atoms with E-state index in [0.717, 1.165) is 0 Å². The third-order valence-electron chi connectivity index (χ3n) is 3.53. The van der Waals surface area contributed by atoms with Crippen molar-refractivity contribution in [2.45, 2.75) is 17.1 Å². The molecule has 0 radical (unpaired) electrons. The molecule has 0 fully saturated rings. The largest absolute Gasteiger partial charge is 0.497 e. The summed E-state index contributed by atoms with van der Waals surface area (Å²) >= 11 is 1.26. The van der Waals surface area contributed by atoms with Gasteiger partial charge in [-0.3, -0.25) is 4.79 Å². The average molecular weight is 397 g/mol. The summed E-state index contributed by atoms with van der Waals surface area (Å²) in [5.74, 6) is -1.48. The van der Waals surface area contributed by atoms with E-state index < -0.39 is 27.0 Å². The van der Waals surface area contributed by atoms with Crippen molar-refractivity contribution >= 4 is 33.1 Å². The number of sulfone groups is 1. The lowest BCUT2D eigenvalue weighted by molar-refractivity contribution is -0.154. The maximum atomic E-state index is 13.0. The van der Waals surface area contributed by atoms with Gasteiger partial charge in [0.25, 0.3) is 0 Å². The predicted octanol–water partition coefficient (Wildman–Crippen LogP) is 1.95. The Morgan fingerprint density at radius 3 is 2.42 bits per heavy atom. The molecule has 1 aromatic carbocycles. The van der Waals surface area contributed by atoms with Crippen LogP contribution < -0.4 is 10.1 Å². The van der Waals surface area contributed by atoms with Crippen LogP contribution in [0.25, 0.3) is 0 Å². The topological polar surface area (TPSA) is 98.8 Å². The minimum absolute atomic E-state index is 0.0603. The molecule has 0 spiro atoms. The molecule has 9 heteroatoms. The monoisotopic (exact) mass is 397 g/mol. The number of ether oxygens (including phenoxy) is 2. The highest BCUT2D eigenvalue weighted by molar-refractivity contribution is 7.91. The summed E-state index contributed by atoms with van der Waals surface area (Å²) in [6.07, 6.45) is 0. The van der Waals surface area contributed by atoms with Crippen LogP contribution in [0.2, 0.25) is 0 Å². The minimum Gasteiger partial charge on any atom is -0.497 e. The van der Waals surface area contributed by atoms with Crippen molar-refractivity contribution in [3.8, 4) is 5.75 Å². The number of hydrogen-bond acceptors (Lipinski definition) is 7. The Kier molecular flexibility index (Phi) is 6.76. The van der Waals surface area contributed by atoms with Gasteiger partial charge in [-0.05, 0) is 42.6 Å². The first kappa shape index (κ1) is 19.9. The maximum Gasteiger partial charge on any atom is 0.396 e. The highest BCUT2D eigenvalue weighted by Gasteiger charge is 2.31. The smallest absolute Gasteiger partial charge is 0.396 e. The van der Waals surface area contributed by atoms with Crippen LogP contribution in [0.15, 0.2) is 46.7 Å². The third kappa shape index (κ3) is 4.61. The molecular formula is C17H19NO6S2. The predicted molar refractivity (Wildman–Crippen MR) is 96.9 cm³/mol. The van der Waals surface area contributed by atoms with Crippen LogP contribution in [0.1, 0.15) is 17.1 Å². The SMILES string of the molecule is CCOC(=O)C(=O)NCC(c1cccs1)S(=O)(=O)c1ccc(OC)cc1. The van der Waals surface area contributed by atoms with E-state index in [9.17, 15) is 18.0 Å². The molecule has 0 saturated carbocycles. The van der Waals surface area contributed by atoms with E-state index >= 15 is 0 Å². The van der Waals surface area contributed by atoms with Gasteiger partial charge >= 0.3 is 11.9 Å². The van der Waals surface area contributed by atoms with Crippen LogP contribution in [0.3, 0.4) is 0 Å². The van der Waals surface area contributed by atoms with Gasteiger partial charge in [-0.25, -0.2) is 13.2 Å². The molecule has 0 aliphatic heterocycles. The molecule has 26 heavy (non-hydrogen) atoms. The van der Waals surface area contributed by atoms with Crippen molar-refractivity contribution in [3.63, 3.8) is 0 Å². The Morgan fingerprint density at radius 1 is 1.19 bits per heavy atom.